The highest BCUT2D eigenvalue weighted by molar-refractivity contribution is 5.96. The van der Waals surface area contributed by atoms with E-state index in [4.69, 9.17) is 14.2 Å². The van der Waals surface area contributed by atoms with Crippen molar-refractivity contribution in [3.05, 3.63) is 36.2 Å². The number of nitrogens with one attached hydrogen (secondary N) is 2. The van der Waals surface area contributed by atoms with Crippen molar-refractivity contribution in [2.45, 2.75) is 49.8 Å². The van der Waals surface area contributed by atoms with E-state index in [0.29, 0.717) is 42.8 Å². The lowest BCUT2D eigenvalue weighted by Gasteiger charge is -2.54. The number of pyridine rings is 2. The van der Waals surface area contributed by atoms with Crippen LogP contribution in [0, 0.1) is 0 Å². The molecule has 2 saturated heterocycles. The van der Waals surface area contributed by atoms with E-state index in [0.717, 1.165) is 37.8 Å². The first-order valence-electron chi connectivity index (χ1n) is 11.7. The number of anilines is 2. The van der Waals surface area contributed by atoms with Gasteiger partial charge in [-0.3, -0.25) is 14.5 Å². The highest BCUT2D eigenvalue weighted by Gasteiger charge is 2.49. The second-order valence-electron chi connectivity index (χ2n) is 9.50. The zero-order valence-corrected chi connectivity index (χ0v) is 20.1. The third kappa shape index (κ3) is 4.53. The maximum Gasteiger partial charge on any atom is 0.266 e. The lowest BCUT2D eigenvalue weighted by molar-refractivity contribution is -0.164. The molecular weight excluding hydrogens is 474 g/mol. The molecule has 1 aliphatic carbocycles. The fourth-order valence-corrected chi connectivity index (χ4v) is 5.27. The molecule has 7 rings (SSSR count). The summed E-state index contributed by atoms with van der Waals surface area (Å²) in [6.45, 7) is 1.86. The van der Waals surface area contributed by atoms with Crippen molar-refractivity contribution in [3.63, 3.8) is 0 Å². The Labute approximate surface area is 209 Å². The van der Waals surface area contributed by atoms with Gasteiger partial charge in [-0.1, -0.05) is 0 Å². The molecule has 2 bridgehead atoms. The minimum atomic E-state index is -0.206. The van der Waals surface area contributed by atoms with Crippen LogP contribution in [0.2, 0.25) is 0 Å². The van der Waals surface area contributed by atoms with E-state index in [2.05, 4.69) is 20.6 Å². The van der Waals surface area contributed by atoms with Gasteiger partial charge in [-0.05, 0) is 56.4 Å². The van der Waals surface area contributed by atoms with Crippen LogP contribution >= 0.6 is 12.4 Å². The molecule has 2 amide bonds. The number of halogens is 1. The highest BCUT2D eigenvalue weighted by atomic mass is 35.5. The molecule has 6 heterocycles. The molecule has 1 saturated carbocycles. The van der Waals surface area contributed by atoms with Crippen molar-refractivity contribution in [1.82, 2.24) is 15.3 Å². The van der Waals surface area contributed by atoms with Crippen LogP contribution in [0.4, 0.5) is 11.6 Å². The molecule has 186 valence electrons. The van der Waals surface area contributed by atoms with Crippen LogP contribution in [0.5, 0.6) is 11.5 Å². The summed E-state index contributed by atoms with van der Waals surface area (Å²) in [7, 11) is 0. The molecule has 0 atom stereocenters. The summed E-state index contributed by atoms with van der Waals surface area (Å²) in [6, 6.07) is 7.42. The van der Waals surface area contributed by atoms with Crippen molar-refractivity contribution in [2.75, 3.05) is 36.6 Å². The number of rotatable bonds is 6. The Bertz CT molecular complexity index is 1120. The maximum absolute atomic E-state index is 12.5. The largest absolute Gasteiger partial charge is 0.480 e. The second kappa shape index (κ2) is 9.25. The monoisotopic (exact) mass is 501 g/mol. The van der Waals surface area contributed by atoms with E-state index in [1.54, 1.807) is 11.1 Å². The third-order valence-electron chi connectivity index (χ3n) is 7.40. The summed E-state index contributed by atoms with van der Waals surface area (Å²) < 4.78 is 17.3. The van der Waals surface area contributed by atoms with E-state index >= 15 is 0 Å². The summed E-state index contributed by atoms with van der Waals surface area (Å²) in [5.41, 5.74) is 0.559. The molecule has 3 fully saturated rings. The Morgan fingerprint density at radius 1 is 1.06 bits per heavy atom. The Kier molecular flexibility index (Phi) is 6.29. The summed E-state index contributed by atoms with van der Waals surface area (Å²) in [4.78, 5) is 34.7. The van der Waals surface area contributed by atoms with Crippen LogP contribution in [0.1, 0.15) is 37.8 Å². The van der Waals surface area contributed by atoms with E-state index in [9.17, 15) is 9.59 Å². The average molecular weight is 502 g/mol. The van der Waals surface area contributed by atoms with Crippen LogP contribution in [0.3, 0.4) is 0 Å². The lowest BCUT2D eigenvalue weighted by atomic mass is 9.70. The van der Waals surface area contributed by atoms with Crippen molar-refractivity contribution in [1.29, 1.82) is 0 Å². The number of carbonyl (C=O) groups excluding carboxylic acids is 2. The predicted octanol–water partition coefficient (Wildman–Crippen LogP) is 2.22. The average Bonchev–Trinajstić information content (AvgIpc) is 2.88. The van der Waals surface area contributed by atoms with Gasteiger partial charge in [0.15, 0.2) is 36.3 Å². The summed E-state index contributed by atoms with van der Waals surface area (Å²) in [6.07, 6.45) is 6.34. The van der Waals surface area contributed by atoms with E-state index in [1.807, 2.05) is 24.3 Å². The second-order valence-corrected chi connectivity index (χ2v) is 9.50. The van der Waals surface area contributed by atoms with E-state index in [1.165, 1.54) is 0 Å². The molecule has 10 nitrogen and oxygen atoms in total. The van der Waals surface area contributed by atoms with Crippen molar-refractivity contribution < 1.29 is 23.8 Å². The van der Waals surface area contributed by atoms with Gasteiger partial charge in [0.25, 0.3) is 11.8 Å². The van der Waals surface area contributed by atoms with Gasteiger partial charge >= 0.3 is 0 Å². The standard InChI is InChI=1S/C24H27N5O5.ClH/c30-19-13-32-17-4-3-16(27-21(17)28-19)12-26-23-5-7-24(8-6-23,34-15-23)9-11-29-20(31)14-33-18-2-1-10-25-22(18)29;/h1-4,10,26H,5-9,11-15H2,(H,27,28,30);1H. The first-order valence-corrected chi connectivity index (χ1v) is 11.7. The van der Waals surface area contributed by atoms with Crippen LogP contribution in [-0.4, -0.2) is 59.3 Å². The fraction of sp³-hybridized carbons (Fsp3) is 0.500. The Balaban J connectivity index is 0.00000253. The van der Waals surface area contributed by atoms with Gasteiger partial charge in [-0.2, -0.15) is 0 Å². The number of hydrogen-bond donors (Lipinski definition) is 2. The topological polar surface area (TPSA) is 115 Å². The number of aromatic nitrogens is 2. The quantitative estimate of drug-likeness (QED) is 0.619. The molecule has 4 aliphatic heterocycles. The van der Waals surface area contributed by atoms with Gasteiger partial charge in [0.2, 0.25) is 0 Å². The summed E-state index contributed by atoms with van der Waals surface area (Å²) in [5, 5.41) is 6.42. The predicted molar refractivity (Wildman–Crippen MR) is 129 cm³/mol. The van der Waals surface area contributed by atoms with Crippen LogP contribution in [0.25, 0.3) is 0 Å². The van der Waals surface area contributed by atoms with Gasteiger partial charge in [0.1, 0.15) is 0 Å². The molecule has 2 aromatic heterocycles. The van der Waals surface area contributed by atoms with Gasteiger partial charge in [-0.25, -0.2) is 9.97 Å². The van der Waals surface area contributed by atoms with Gasteiger partial charge < -0.3 is 24.8 Å². The molecule has 2 aromatic rings. The minimum Gasteiger partial charge on any atom is -0.480 e. The number of fused-ring (bicyclic) bond motifs is 5. The molecule has 2 N–H and O–H groups in total. The molecule has 0 spiro atoms. The van der Waals surface area contributed by atoms with Crippen molar-refractivity contribution in [2.24, 2.45) is 0 Å². The summed E-state index contributed by atoms with van der Waals surface area (Å²) in [5.74, 6) is 2.07. The first kappa shape index (κ1) is 23.8. The Morgan fingerprint density at radius 3 is 2.69 bits per heavy atom. The van der Waals surface area contributed by atoms with Gasteiger partial charge in [0.05, 0.1) is 17.9 Å². The molecule has 35 heavy (non-hydrogen) atoms. The van der Waals surface area contributed by atoms with Crippen LogP contribution in [0.15, 0.2) is 30.5 Å². The lowest BCUT2D eigenvalue weighted by Crippen LogP contribution is -2.62. The van der Waals surface area contributed by atoms with Crippen molar-refractivity contribution in [3.8, 4) is 11.5 Å². The van der Waals surface area contributed by atoms with E-state index in [-0.39, 0.29) is 48.6 Å². The zero-order valence-electron chi connectivity index (χ0n) is 19.2. The fourth-order valence-electron chi connectivity index (χ4n) is 5.27. The molecule has 0 radical (unpaired) electrons. The van der Waals surface area contributed by atoms with E-state index < -0.39 is 0 Å². The van der Waals surface area contributed by atoms with Gasteiger partial charge in [0, 0.05) is 24.8 Å². The smallest absolute Gasteiger partial charge is 0.266 e. The Morgan fingerprint density at radius 2 is 1.89 bits per heavy atom. The SMILES string of the molecule is Cl.O=C1COc2ccc(CNC34CCC(CCN5C(=O)COc6cccnc65)(CC3)OC4)nc2N1. The summed E-state index contributed by atoms with van der Waals surface area (Å²) >= 11 is 0. The number of hydrogen-bond acceptors (Lipinski definition) is 8. The molecule has 0 aromatic carbocycles. The minimum absolute atomic E-state index is 0. The number of ether oxygens (including phenoxy) is 3. The highest BCUT2D eigenvalue weighted by Crippen LogP contribution is 2.46. The number of carbonyl (C=O) groups is 2. The van der Waals surface area contributed by atoms with Gasteiger partial charge in [-0.15, -0.1) is 12.4 Å². The maximum atomic E-state index is 12.5. The number of nitrogens with zero attached hydrogens (tertiary/aromatic N) is 3. The van der Waals surface area contributed by atoms with Crippen LogP contribution < -0.4 is 25.0 Å². The molecule has 5 aliphatic rings. The first-order chi connectivity index (χ1) is 16.5. The molecule has 11 heteroatoms. The third-order valence-corrected chi connectivity index (χ3v) is 7.40. The Hall–Kier alpha value is -2.95. The molecular formula is C24H28ClN5O5. The van der Waals surface area contributed by atoms with Crippen LogP contribution in [-0.2, 0) is 20.9 Å². The number of amides is 2. The molecule has 0 unspecified atom stereocenters. The zero-order chi connectivity index (χ0) is 23.2. The van der Waals surface area contributed by atoms with Crippen molar-refractivity contribution >= 4 is 35.9 Å². The normalized spacial score (nSPS) is 26.6.